The number of aromatic nitrogens is 3. The van der Waals surface area contributed by atoms with Crippen LogP contribution < -0.4 is 0 Å². The van der Waals surface area contributed by atoms with Gasteiger partial charge in [0.25, 0.3) is 0 Å². The van der Waals surface area contributed by atoms with E-state index in [1.165, 1.54) is 17.3 Å². The monoisotopic (exact) mass is 481 g/mol. The summed E-state index contributed by atoms with van der Waals surface area (Å²) in [5.74, 6) is 1.89. The number of nitrogens with zero attached hydrogens (tertiary/aromatic N) is 3. The highest BCUT2D eigenvalue weighted by atomic mass is 32.2. The Morgan fingerprint density at radius 1 is 0.939 bits per heavy atom. The second-order valence-corrected chi connectivity index (χ2v) is 12.0. The average Bonchev–Trinajstić information content (AvgIpc) is 3.45. The van der Waals surface area contributed by atoms with E-state index in [2.05, 4.69) is 55.2 Å². The molecule has 0 fully saturated rings. The molecular weight excluding hydrogens is 454 g/mol. The summed E-state index contributed by atoms with van der Waals surface area (Å²) in [5, 5.41) is 9.47. The van der Waals surface area contributed by atoms with E-state index in [9.17, 15) is 8.42 Å². The molecule has 0 bridgehead atoms. The molecular formula is C25H27N3O3S2. The summed E-state index contributed by atoms with van der Waals surface area (Å²) >= 11 is 1.38. The first-order valence-corrected chi connectivity index (χ1v) is 13.3. The van der Waals surface area contributed by atoms with E-state index >= 15 is 0 Å². The molecule has 0 unspecified atom stereocenters. The molecule has 6 nitrogen and oxygen atoms in total. The lowest BCUT2D eigenvalue weighted by Crippen LogP contribution is -2.11. The zero-order valence-electron chi connectivity index (χ0n) is 18.9. The zero-order chi connectivity index (χ0) is 23.5. The molecule has 2 heterocycles. The number of rotatable bonds is 8. The maximum absolute atomic E-state index is 12.6. The lowest BCUT2D eigenvalue weighted by Gasteiger charge is -2.19. The van der Waals surface area contributed by atoms with Crippen molar-refractivity contribution in [3.05, 3.63) is 84.3 Å². The van der Waals surface area contributed by atoms with Crippen LogP contribution in [-0.4, -0.2) is 34.7 Å². The van der Waals surface area contributed by atoms with Crippen molar-refractivity contribution in [3.63, 3.8) is 0 Å². The molecule has 172 valence electrons. The topological polar surface area (TPSA) is 78.0 Å². The van der Waals surface area contributed by atoms with Gasteiger partial charge in [0.05, 0.1) is 23.5 Å². The zero-order valence-corrected chi connectivity index (χ0v) is 20.6. The van der Waals surface area contributed by atoms with Crippen LogP contribution in [-0.2, 0) is 21.8 Å². The molecule has 33 heavy (non-hydrogen) atoms. The third-order valence-corrected chi connectivity index (χ3v) is 8.26. The van der Waals surface area contributed by atoms with Crippen molar-refractivity contribution in [3.8, 4) is 11.4 Å². The first-order valence-electron chi connectivity index (χ1n) is 10.7. The molecule has 2 aromatic carbocycles. The molecule has 0 saturated heterocycles. The highest BCUT2D eigenvalue weighted by molar-refractivity contribution is 8.00. The first kappa shape index (κ1) is 23.3. The summed E-state index contributed by atoms with van der Waals surface area (Å²) in [7, 11) is -3.35. The predicted octanol–water partition coefficient (Wildman–Crippen LogP) is 5.45. The number of furan rings is 1. The van der Waals surface area contributed by atoms with Gasteiger partial charge in [0.2, 0.25) is 0 Å². The van der Waals surface area contributed by atoms with Gasteiger partial charge in [-0.15, -0.1) is 10.2 Å². The van der Waals surface area contributed by atoms with Gasteiger partial charge in [-0.3, -0.25) is 4.57 Å². The molecule has 4 aromatic rings. The van der Waals surface area contributed by atoms with Crippen molar-refractivity contribution in [2.45, 2.75) is 42.8 Å². The predicted molar refractivity (Wildman–Crippen MR) is 131 cm³/mol. The molecule has 0 amide bonds. The van der Waals surface area contributed by atoms with Crippen LogP contribution in [0.3, 0.4) is 0 Å². The van der Waals surface area contributed by atoms with Crippen molar-refractivity contribution in [1.82, 2.24) is 14.8 Å². The fourth-order valence-electron chi connectivity index (χ4n) is 3.42. The molecule has 0 aliphatic heterocycles. The highest BCUT2D eigenvalue weighted by Crippen LogP contribution is 2.29. The number of benzene rings is 2. The smallest absolute Gasteiger partial charge is 0.191 e. The Hall–Kier alpha value is -2.84. The van der Waals surface area contributed by atoms with E-state index in [1.807, 2.05) is 16.7 Å². The summed E-state index contributed by atoms with van der Waals surface area (Å²) in [6.45, 7) is 7.00. The van der Waals surface area contributed by atoms with Crippen LogP contribution in [0.5, 0.6) is 0 Å². The second kappa shape index (κ2) is 9.57. The molecule has 0 radical (unpaired) electrons. The summed E-state index contributed by atoms with van der Waals surface area (Å²) < 4.78 is 32.8. The van der Waals surface area contributed by atoms with E-state index in [1.54, 1.807) is 36.6 Å². The maximum Gasteiger partial charge on any atom is 0.191 e. The number of thioether (sulfide) groups is 1. The van der Waals surface area contributed by atoms with Crippen LogP contribution in [0.15, 0.2) is 87.5 Å². The van der Waals surface area contributed by atoms with Gasteiger partial charge in [-0.2, -0.15) is 0 Å². The Kier molecular flexibility index (Phi) is 6.76. The van der Waals surface area contributed by atoms with Gasteiger partial charge in [-0.1, -0.05) is 75.0 Å². The molecule has 4 rings (SSSR count). The molecule has 0 saturated carbocycles. The minimum Gasteiger partial charge on any atom is -0.467 e. The summed E-state index contributed by atoms with van der Waals surface area (Å²) in [4.78, 5) is 0.335. The normalized spacial score (nSPS) is 12.2. The molecule has 0 aliphatic carbocycles. The van der Waals surface area contributed by atoms with Crippen molar-refractivity contribution in [1.29, 1.82) is 0 Å². The van der Waals surface area contributed by atoms with Gasteiger partial charge >= 0.3 is 0 Å². The molecule has 0 aliphatic rings. The lowest BCUT2D eigenvalue weighted by atomic mass is 9.87. The first-order chi connectivity index (χ1) is 15.7. The number of hydrogen-bond acceptors (Lipinski definition) is 6. The fraction of sp³-hybridized carbons (Fsp3) is 0.280. The van der Waals surface area contributed by atoms with Crippen LogP contribution in [0, 0.1) is 0 Å². The SMILES string of the molecule is CC(C)(C)c1ccc(-c2nnc(SCCS(=O)(=O)c3ccccc3)n2Cc2ccco2)cc1. The molecule has 8 heteroatoms. The quantitative estimate of drug-likeness (QED) is 0.311. The van der Waals surface area contributed by atoms with Crippen molar-refractivity contribution in [2.75, 3.05) is 11.5 Å². The van der Waals surface area contributed by atoms with Gasteiger partial charge in [0.15, 0.2) is 20.8 Å². The van der Waals surface area contributed by atoms with Gasteiger partial charge in [0, 0.05) is 11.3 Å². The van der Waals surface area contributed by atoms with Crippen LogP contribution in [0.4, 0.5) is 0 Å². The standard InChI is InChI=1S/C25H27N3O3S2/c1-25(2,3)20-13-11-19(12-14-20)23-26-27-24(28(23)18-21-8-7-15-31-21)32-16-17-33(29,30)22-9-5-4-6-10-22/h4-15H,16-18H2,1-3H3. The van der Waals surface area contributed by atoms with Crippen molar-refractivity contribution < 1.29 is 12.8 Å². The summed E-state index contributed by atoms with van der Waals surface area (Å²) in [6, 6.07) is 20.6. The third-order valence-electron chi connectivity index (χ3n) is 5.31. The fourth-order valence-corrected chi connectivity index (χ4v) is 6.02. The highest BCUT2D eigenvalue weighted by Gasteiger charge is 2.19. The Bertz CT molecular complexity index is 1290. The van der Waals surface area contributed by atoms with E-state index in [0.717, 1.165) is 17.1 Å². The van der Waals surface area contributed by atoms with Crippen LogP contribution >= 0.6 is 11.8 Å². The minimum absolute atomic E-state index is 0.0188. The summed E-state index contributed by atoms with van der Waals surface area (Å²) in [6.07, 6.45) is 1.64. The van der Waals surface area contributed by atoms with E-state index in [0.29, 0.717) is 22.3 Å². The van der Waals surface area contributed by atoms with Crippen molar-refractivity contribution >= 4 is 21.6 Å². The Morgan fingerprint density at radius 2 is 1.67 bits per heavy atom. The molecule has 0 N–H and O–H groups in total. The van der Waals surface area contributed by atoms with E-state index in [-0.39, 0.29) is 11.2 Å². The van der Waals surface area contributed by atoms with Gasteiger partial charge < -0.3 is 4.42 Å². The summed E-state index contributed by atoms with van der Waals surface area (Å²) in [5.41, 5.74) is 2.25. The Balaban J connectivity index is 1.57. The largest absolute Gasteiger partial charge is 0.467 e. The van der Waals surface area contributed by atoms with Crippen molar-refractivity contribution in [2.24, 2.45) is 0 Å². The van der Waals surface area contributed by atoms with Crippen LogP contribution in [0.2, 0.25) is 0 Å². The molecule has 0 atom stereocenters. The number of sulfone groups is 1. The Labute approximate surface area is 199 Å². The lowest BCUT2D eigenvalue weighted by molar-refractivity contribution is 0.485. The van der Waals surface area contributed by atoms with Gasteiger partial charge in [0.1, 0.15) is 5.76 Å². The number of hydrogen-bond donors (Lipinski definition) is 0. The van der Waals surface area contributed by atoms with E-state index < -0.39 is 9.84 Å². The third kappa shape index (κ3) is 5.57. The van der Waals surface area contributed by atoms with Gasteiger partial charge in [-0.25, -0.2) is 8.42 Å². The Morgan fingerprint density at radius 3 is 2.30 bits per heavy atom. The van der Waals surface area contributed by atoms with Gasteiger partial charge in [-0.05, 0) is 35.2 Å². The van der Waals surface area contributed by atoms with Crippen LogP contribution in [0.1, 0.15) is 32.1 Å². The average molecular weight is 482 g/mol. The molecule has 2 aromatic heterocycles. The van der Waals surface area contributed by atoms with E-state index in [4.69, 9.17) is 4.42 Å². The van der Waals surface area contributed by atoms with Crippen LogP contribution in [0.25, 0.3) is 11.4 Å². The molecule has 0 spiro atoms. The second-order valence-electron chi connectivity index (χ2n) is 8.78. The minimum atomic E-state index is -3.35. The maximum atomic E-state index is 12.6.